The van der Waals surface area contributed by atoms with E-state index in [1.807, 2.05) is 140 Å². The van der Waals surface area contributed by atoms with Gasteiger partial charge in [-0.05, 0) is 116 Å². The molecule has 0 unspecified atom stereocenters. The summed E-state index contributed by atoms with van der Waals surface area (Å²) in [7, 11) is -6.20. The van der Waals surface area contributed by atoms with Crippen LogP contribution in [-0.2, 0) is 15.6 Å². The van der Waals surface area contributed by atoms with E-state index in [1.54, 1.807) is 0 Å². The van der Waals surface area contributed by atoms with Crippen molar-refractivity contribution in [3.63, 3.8) is 0 Å². The molecule has 2 heterocycles. The van der Waals surface area contributed by atoms with Crippen molar-refractivity contribution in [2.24, 2.45) is 0 Å². The number of benzene rings is 9. The molecule has 0 fully saturated rings. The highest BCUT2D eigenvalue weighted by Gasteiger charge is 2.31. The van der Waals surface area contributed by atoms with Crippen molar-refractivity contribution in [2.75, 3.05) is 0 Å². The summed E-state index contributed by atoms with van der Waals surface area (Å²) in [6.07, 6.45) is 10.4. The van der Waals surface area contributed by atoms with E-state index in [1.165, 1.54) is 0 Å². The molecule has 0 N–H and O–H groups in total. The molecule has 0 bridgehead atoms. The molecule has 4 nitrogen and oxygen atoms in total. The molecule has 0 spiro atoms. The predicted octanol–water partition coefficient (Wildman–Crippen LogP) is 12.8. The predicted molar refractivity (Wildman–Crippen MR) is 298 cm³/mol. The molecule has 0 atom stereocenters. The van der Waals surface area contributed by atoms with Crippen molar-refractivity contribution in [1.29, 1.82) is 0 Å². The number of nitrogens with zero attached hydrogens (tertiary/aromatic N) is 2. The number of rotatable bonds is 9. The molecule has 0 radical (unpaired) electrons. The highest BCUT2D eigenvalue weighted by Crippen LogP contribution is 2.51. The number of allylic oxidation sites excluding steroid dienone is 3. The third-order valence-electron chi connectivity index (χ3n) is 14.1. The second-order valence-corrected chi connectivity index (χ2v) is 24.0. The molecule has 9 aromatic carbocycles. The van der Waals surface area contributed by atoms with Crippen LogP contribution in [0.5, 0.6) is 0 Å². The number of pyridine rings is 1. The third-order valence-corrected chi connectivity index (χ3v) is 20.3. The Morgan fingerprint density at radius 2 is 1.09 bits per heavy atom. The van der Waals surface area contributed by atoms with E-state index in [0.29, 0.717) is 0 Å². The lowest BCUT2D eigenvalue weighted by molar-refractivity contribution is 0.590. The SMILES string of the molecule is C=c1ccc(-c2ccc3c4cc(-c5ccc6cc(P(=O)(c7ccccc7)c7ccccc7)ccc6c5)ccc4n4c5c(nc4c3c2)CCC=C5)c/c1=C/C=C(\C)P(=O)(c1ccccc1)c1ccccc1. The molecular weight excluding hydrogens is 891 g/mol. The van der Waals surface area contributed by atoms with E-state index >= 15 is 9.13 Å². The molecule has 0 aliphatic heterocycles. The van der Waals surface area contributed by atoms with Gasteiger partial charge in [-0.3, -0.25) is 4.40 Å². The maximum atomic E-state index is 15.2. The van der Waals surface area contributed by atoms with Crippen LogP contribution in [0.1, 0.15) is 24.7 Å². The Kier molecular flexibility index (Phi) is 10.9. The van der Waals surface area contributed by atoms with Gasteiger partial charge in [0.25, 0.3) is 0 Å². The zero-order chi connectivity index (χ0) is 47.4. The minimum atomic E-state index is -3.11. The average Bonchev–Trinajstić information content (AvgIpc) is 3.83. The van der Waals surface area contributed by atoms with Gasteiger partial charge in [0.15, 0.2) is 14.3 Å². The number of aryl methyl sites for hydroxylation is 1. The monoisotopic (exact) mass is 938 g/mol. The molecular formula is C64H48N2O2P2. The maximum Gasteiger partial charge on any atom is 0.171 e. The van der Waals surface area contributed by atoms with Gasteiger partial charge < -0.3 is 9.13 Å². The fraction of sp³-hybridized carbons (Fsp3) is 0.0469. The quantitative estimate of drug-likeness (QED) is 0.107. The zero-order valence-corrected chi connectivity index (χ0v) is 40.5. The van der Waals surface area contributed by atoms with Gasteiger partial charge >= 0.3 is 0 Å². The molecule has 70 heavy (non-hydrogen) atoms. The van der Waals surface area contributed by atoms with E-state index in [4.69, 9.17) is 4.98 Å². The molecule has 2 aromatic heterocycles. The van der Waals surface area contributed by atoms with Crippen LogP contribution in [0.25, 0.3) is 79.1 Å². The van der Waals surface area contributed by atoms with E-state index in [-0.39, 0.29) is 0 Å². The van der Waals surface area contributed by atoms with E-state index in [2.05, 4.69) is 114 Å². The van der Waals surface area contributed by atoms with Crippen LogP contribution in [0.15, 0.2) is 230 Å². The molecule has 1 aliphatic carbocycles. The minimum Gasteiger partial charge on any atom is -0.309 e. The Balaban J connectivity index is 0.957. The van der Waals surface area contributed by atoms with E-state index in [9.17, 15) is 0 Å². The summed E-state index contributed by atoms with van der Waals surface area (Å²) >= 11 is 0. The van der Waals surface area contributed by atoms with Crippen LogP contribution in [0.3, 0.4) is 0 Å². The number of hydrogen-bond acceptors (Lipinski definition) is 3. The van der Waals surface area contributed by atoms with E-state index in [0.717, 1.165) is 127 Å². The number of hydrogen-bond donors (Lipinski definition) is 0. The highest BCUT2D eigenvalue weighted by molar-refractivity contribution is 7.85. The lowest BCUT2D eigenvalue weighted by atomic mass is 9.96. The van der Waals surface area contributed by atoms with Crippen LogP contribution in [0, 0.1) is 0 Å². The molecule has 0 saturated carbocycles. The number of imidazole rings is 1. The van der Waals surface area contributed by atoms with Crippen molar-refractivity contribution in [3.8, 4) is 22.3 Å². The topological polar surface area (TPSA) is 51.4 Å². The molecule has 0 amide bonds. The largest absolute Gasteiger partial charge is 0.309 e. The summed E-state index contributed by atoms with van der Waals surface area (Å²) in [4.78, 5) is 5.34. The number of fused-ring (bicyclic) bond motifs is 9. The second-order valence-electron chi connectivity index (χ2n) is 18.2. The first-order valence-electron chi connectivity index (χ1n) is 23.8. The summed E-state index contributed by atoms with van der Waals surface area (Å²) in [5.74, 6) is 0. The van der Waals surface area contributed by atoms with Crippen molar-refractivity contribution in [1.82, 2.24) is 9.38 Å². The standard InChI is InChI=1S/C64H48N2O2P2/c1-44-27-29-47(39-46(44)30-28-45(2)69(67,53-17-7-3-8-18-53)54-19-9-4-10-20-54)51-34-37-58-59-42-52(35-38-62(59)66-63-26-16-15-25-61(63)65-64(66)60(58)43-51)48-31-32-50-41-57(36-33-49(50)40-48)70(68,55-21-11-5-12-22-55)56-23-13-6-14-24-56/h3-14,16-24,26-43H,1,15,25H2,2H3/b45-28+,46-30-. The fourth-order valence-electron chi connectivity index (χ4n) is 10.4. The van der Waals surface area contributed by atoms with Crippen molar-refractivity contribution in [3.05, 3.63) is 252 Å². The average molecular weight is 939 g/mol. The van der Waals surface area contributed by atoms with Gasteiger partial charge in [0.05, 0.1) is 16.9 Å². The van der Waals surface area contributed by atoms with Gasteiger partial charge in [-0.2, -0.15) is 0 Å². The van der Waals surface area contributed by atoms with Crippen LogP contribution in [-0.4, -0.2) is 9.38 Å². The Bertz CT molecular complexity index is 4060. The van der Waals surface area contributed by atoms with Crippen molar-refractivity contribution >= 4 is 97.6 Å². The van der Waals surface area contributed by atoms with Crippen molar-refractivity contribution in [2.45, 2.75) is 19.8 Å². The molecule has 1 aliphatic rings. The molecule has 336 valence electrons. The fourth-order valence-corrected chi connectivity index (χ4v) is 15.6. The van der Waals surface area contributed by atoms with Gasteiger partial charge in [0, 0.05) is 37.3 Å². The number of aromatic nitrogens is 2. The normalized spacial score (nSPS) is 13.4. The first kappa shape index (κ1) is 43.4. The highest BCUT2D eigenvalue weighted by atomic mass is 31.2. The Hall–Kier alpha value is -7.87. The maximum absolute atomic E-state index is 15.2. The Morgan fingerprint density at radius 1 is 0.543 bits per heavy atom. The first-order chi connectivity index (χ1) is 34.3. The first-order valence-corrected chi connectivity index (χ1v) is 27.2. The molecule has 0 saturated heterocycles. The summed E-state index contributed by atoms with van der Waals surface area (Å²) in [6, 6.07) is 72.1. The van der Waals surface area contributed by atoms with Gasteiger partial charge in [-0.25, -0.2) is 4.98 Å². The molecule has 12 rings (SSSR count). The van der Waals surface area contributed by atoms with Gasteiger partial charge in [0.2, 0.25) is 0 Å². The van der Waals surface area contributed by atoms with Crippen LogP contribution in [0.2, 0.25) is 0 Å². The third kappa shape index (κ3) is 7.35. The summed E-state index contributed by atoms with van der Waals surface area (Å²) < 4.78 is 32.6. The lowest BCUT2D eigenvalue weighted by Crippen LogP contribution is -2.24. The van der Waals surface area contributed by atoms with Gasteiger partial charge in [0.1, 0.15) is 5.65 Å². The smallest absolute Gasteiger partial charge is 0.171 e. The molecule has 6 heteroatoms. The summed E-state index contributed by atoms with van der Waals surface area (Å²) in [5.41, 5.74) is 8.69. The Morgan fingerprint density at radius 3 is 1.76 bits per heavy atom. The van der Waals surface area contributed by atoms with Gasteiger partial charge in [-0.15, -0.1) is 0 Å². The van der Waals surface area contributed by atoms with Crippen LogP contribution >= 0.6 is 14.3 Å². The van der Waals surface area contributed by atoms with Crippen molar-refractivity contribution < 1.29 is 9.13 Å². The lowest BCUT2D eigenvalue weighted by Gasteiger charge is -2.20. The van der Waals surface area contributed by atoms with Crippen LogP contribution in [0.4, 0.5) is 0 Å². The van der Waals surface area contributed by atoms with E-state index < -0.39 is 14.3 Å². The van der Waals surface area contributed by atoms with Crippen LogP contribution < -0.4 is 37.0 Å². The second kappa shape index (κ2) is 17.6. The Labute approximate surface area is 407 Å². The minimum absolute atomic E-state index is 0.804. The van der Waals surface area contributed by atoms with Gasteiger partial charge in [-0.1, -0.05) is 201 Å². The summed E-state index contributed by atoms with van der Waals surface area (Å²) in [6.45, 7) is 6.37. The molecule has 11 aromatic rings. The zero-order valence-electron chi connectivity index (χ0n) is 38.7. The summed E-state index contributed by atoms with van der Waals surface area (Å²) in [5, 5.41) is 12.3.